The second-order valence-corrected chi connectivity index (χ2v) is 4.52. The molecule has 2 aromatic carbocycles. The molecule has 0 fully saturated rings. The molecule has 0 heterocycles. The van der Waals surface area contributed by atoms with Gasteiger partial charge in [-0.05, 0) is 43.2 Å². The van der Waals surface area contributed by atoms with E-state index in [1.807, 2.05) is 25.1 Å². The molecular weight excluding hydrogens is 260 g/mol. The van der Waals surface area contributed by atoms with Crippen LogP contribution in [-0.2, 0) is 6.42 Å². The van der Waals surface area contributed by atoms with Crippen molar-refractivity contribution in [3.63, 3.8) is 0 Å². The normalized spacial score (nSPS) is 12.2. The van der Waals surface area contributed by atoms with E-state index in [2.05, 4.69) is 0 Å². The van der Waals surface area contributed by atoms with Crippen molar-refractivity contribution in [3.05, 3.63) is 65.2 Å². The van der Waals surface area contributed by atoms with Crippen LogP contribution in [0.5, 0.6) is 5.75 Å². The van der Waals surface area contributed by atoms with Gasteiger partial charge in [-0.1, -0.05) is 18.2 Å². The molecule has 1 atom stereocenters. The Morgan fingerprint density at radius 3 is 2.40 bits per heavy atom. The molecule has 2 nitrogen and oxygen atoms in total. The summed E-state index contributed by atoms with van der Waals surface area (Å²) in [5.74, 6) is -0.433. The lowest BCUT2D eigenvalue weighted by molar-refractivity contribution is 0.339. The summed E-state index contributed by atoms with van der Waals surface area (Å²) in [5, 5.41) is 0. The summed E-state index contributed by atoms with van der Waals surface area (Å²) in [6, 6.07) is 10.6. The van der Waals surface area contributed by atoms with Crippen molar-refractivity contribution < 1.29 is 13.5 Å². The van der Waals surface area contributed by atoms with E-state index < -0.39 is 17.7 Å². The first-order valence-corrected chi connectivity index (χ1v) is 6.53. The van der Waals surface area contributed by atoms with Gasteiger partial charge in [0, 0.05) is 11.6 Å². The molecule has 0 amide bonds. The smallest absolute Gasteiger partial charge is 0.129 e. The van der Waals surface area contributed by atoms with Gasteiger partial charge in [0.15, 0.2) is 0 Å². The molecule has 20 heavy (non-hydrogen) atoms. The van der Waals surface area contributed by atoms with E-state index in [-0.39, 0.29) is 12.0 Å². The third kappa shape index (κ3) is 3.33. The quantitative estimate of drug-likeness (QED) is 0.906. The molecule has 0 saturated carbocycles. The largest absolute Gasteiger partial charge is 0.494 e. The fourth-order valence-electron chi connectivity index (χ4n) is 2.07. The van der Waals surface area contributed by atoms with Crippen molar-refractivity contribution in [3.8, 4) is 5.75 Å². The predicted octanol–water partition coefficient (Wildman–Crippen LogP) is 3.61. The second kappa shape index (κ2) is 6.48. The molecule has 0 aliphatic carbocycles. The summed E-state index contributed by atoms with van der Waals surface area (Å²) in [6.45, 7) is 2.45. The summed E-state index contributed by atoms with van der Waals surface area (Å²) in [6.07, 6.45) is 0.105. The first-order chi connectivity index (χ1) is 9.61. The van der Waals surface area contributed by atoms with Gasteiger partial charge in [0.1, 0.15) is 17.4 Å². The van der Waals surface area contributed by atoms with Crippen LogP contribution in [-0.4, -0.2) is 6.61 Å². The minimum atomic E-state index is -0.568. The van der Waals surface area contributed by atoms with Gasteiger partial charge in [0.2, 0.25) is 0 Å². The van der Waals surface area contributed by atoms with Gasteiger partial charge in [0.05, 0.1) is 6.61 Å². The van der Waals surface area contributed by atoms with Crippen LogP contribution >= 0.6 is 0 Å². The third-order valence-corrected chi connectivity index (χ3v) is 3.08. The summed E-state index contributed by atoms with van der Waals surface area (Å²) in [5.41, 5.74) is 6.85. The van der Waals surface area contributed by atoms with Crippen molar-refractivity contribution in [2.45, 2.75) is 19.4 Å². The van der Waals surface area contributed by atoms with Crippen LogP contribution in [0, 0.1) is 11.6 Å². The summed E-state index contributed by atoms with van der Waals surface area (Å²) < 4.78 is 32.6. The van der Waals surface area contributed by atoms with Gasteiger partial charge >= 0.3 is 0 Å². The van der Waals surface area contributed by atoms with Gasteiger partial charge in [-0.25, -0.2) is 8.78 Å². The number of halogens is 2. The zero-order chi connectivity index (χ0) is 14.5. The van der Waals surface area contributed by atoms with Crippen molar-refractivity contribution in [2.24, 2.45) is 5.73 Å². The highest BCUT2D eigenvalue weighted by molar-refractivity contribution is 5.32. The SMILES string of the molecule is CCOc1cccc(C(N)Cc2c(F)cccc2F)c1. The monoisotopic (exact) mass is 277 g/mol. The van der Waals surface area contributed by atoms with Crippen LogP contribution in [0.2, 0.25) is 0 Å². The molecule has 0 bridgehead atoms. The van der Waals surface area contributed by atoms with Crippen LogP contribution < -0.4 is 10.5 Å². The average Bonchev–Trinajstić information content (AvgIpc) is 2.43. The molecular formula is C16H17F2NO. The minimum Gasteiger partial charge on any atom is -0.494 e. The van der Waals surface area contributed by atoms with E-state index in [0.717, 1.165) is 5.56 Å². The predicted molar refractivity (Wildman–Crippen MR) is 74.6 cm³/mol. The fraction of sp³-hybridized carbons (Fsp3) is 0.250. The van der Waals surface area contributed by atoms with Crippen LogP contribution in [0.25, 0.3) is 0 Å². The minimum absolute atomic E-state index is 0.0156. The van der Waals surface area contributed by atoms with E-state index in [9.17, 15) is 8.78 Å². The zero-order valence-electron chi connectivity index (χ0n) is 11.3. The Morgan fingerprint density at radius 1 is 1.10 bits per heavy atom. The molecule has 1 unspecified atom stereocenters. The molecule has 0 saturated heterocycles. The number of rotatable bonds is 5. The molecule has 0 radical (unpaired) electrons. The Kier molecular flexibility index (Phi) is 4.69. The van der Waals surface area contributed by atoms with Crippen LogP contribution in [0.1, 0.15) is 24.1 Å². The summed E-state index contributed by atoms with van der Waals surface area (Å²) in [4.78, 5) is 0. The van der Waals surface area contributed by atoms with E-state index in [4.69, 9.17) is 10.5 Å². The van der Waals surface area contributed by atoms with E-state index in [0.29, 0.717) is 12.4 Å². The Bertz CT molecular complexity index is 566. The second-order valence-electron chi connectivity index (χ2n) is 4.52. The summed E-state index contributed by atoms with van der Waals surface area (Å²) in [7, 11) is 0. The topological polar surface area (TPSA) is 35.2 Å². The van der Waals surface area contributed by atoms with E-state index in [1.165, 1.54) is 18.2 Å². The first-order valence-electron chi connectivity index (χ1n) is 6.53. The molecule has 106 valence electrons. The van der Waals surface area contributed by atoms with Crippen molar-refractivity contribution in [1.29, 1.82) is 0 Å². The highest BCUT2D eigenvalue weighted by Crippen LogP contribution is 2.23. The Balaban J connectivity index is 2.19. The maximum Gasteiger partial charge on any atom is 0.129 e. The first kappa shape index (κ1) is 14.5. The molecule has 0 spiro atoms. The van der Waals surface area contributed by atoms with E-state index >= 15 is 0 Å². The molecule has 0 aliphatic heterocycles. The molecule has 2 N–H and O–H groups in total. The van der Waals surface area contributed by atoms with Crippen LogP contribution in [0.15, 0.2) is 42.5 Å². The standard InChI is InChI=1S/C16H17F2NO/c1-2-20-12-6-3-5-11(9-12)16(19)10-13-14(17)7-4-8-15(13)18/h3-9,16H,2,10,19H2,1H3. The van der Waals surface area contributed by atoms with Gasteiger partial charge in [-0.15, -0.1) is 0 Å². The van der Waals surface area contributed by atoms with Gasteiger partial charge in [-0.2, -0.15) is 0 Å². The van der Waals surface area contributed by atoms with Crippen molar-refractivity contribution in [1.82, 2.24) is 0 Å². The highest BCUT2D eigenvalue weighted by Gasteiger charge is 2.14. The number of ether oxygens (including phenoxy) is 1. The van der Waals surface area contributed by atoms with Gasteiger partial charge in [-0.3, -0.25) is 0 Å². The number of hydrogen-bond donors (Lipinski definition) is 1. The molecule has 0 aliphatic rings. The highest BCUT2D eigenvalue weighted by atomic mass is 19.1. The van der Waals surface area contributed by atoms with Crippen LogP contribution in [0.4, 0.5) is 8.78 Å². The van der Waals surface area contributed by atoms with E-state index in [1.54, 1.807) is 6.07 Å². The summed E-state index contributed by atoms with van der Waals surface area (Å²) >= 11 is 0. The number of hydrogen-bond acceptors (Lipinski definition) is 2. The fourth-order valence-corrected chi connectivity index (χ4v) is 2.07. The Morgan fingerprint density at radius 2 is 1.75 bits per heavy atom. The molecule has 2 aromatic rings. The van der Waals surface area contributed by atoms with Gasteiger partial charge < -0.3 is 10.5 Å². The number of benzene rings is 2. The Hall–Kier alpha value is -1.94. The Labute approximate surface area is 117 Å². The molecule has 2 rings (SSSR count). The molecule has 0 aromatic heterocycles. The number of nitrogens with two attached hydrogens (primary N) is 1. The maximum absolute atomic E-state index is 13.6. The van der Waals surface area contributed by atoms with Crippen molar-refractivity contribution in [2.75, 3.05) is 6.61 Å². The lowest BCUT2D eigenvalue weighted by Crippen LogP contribution is -2.15. The lowest BCUT2D eigenvalue weighted by atomic mass is 9.99. The lowest BCUT2D eigenvalue weighted by Gasteiger charge is -2.14. The average molecular weight is 277 g/mol. The van der Waals surface area contributed by atoms with Crippen LogP contribution in [0.3, 0.4) is 0 Å². The molecule has 4 heteroatoms. The zero-order valence-corrected chi connectivity index (χ0v) is 11.3. The van der Waals surface area contributed by atoms with Gasteiger partial charge in [0.25, 0.3) is 0 Å². The maximum atomic E-state index is 13.6. The van der Waals surface area contributed by atoms with Crippen molar-refractivity contribution >= 4 is 0 Å². The third-order valence-electron chi connectivity index (χ3n) is 3.08.